The van der Waals surface area contributed by atoms with Gasteiger partial charge in [0.15, 0.2) is 11.3 Å². The van der Waals surface area contributed by atoms with Crippen LogP contribution < -0.4 is 4.90 Å². The fraction of sp³-hybridized carbons (Fsp3) is 0.367. The summed E-state index contributed by atoms with van der Waals surface area (Å²) < 4.78 is 47.2. The molecule has 1 aliphatic rings. The van der Waals surface area contributed by atoms with E-state index in [0.717, 1.165) is 43.9 Å². The van der Waals surface area contributed by atoms with Gasteiger partial charge in [0.2, 0.25) is 0 Å². The van der Waals surface area contributed by atoms with Gasteiger partial charge in [-0.25, -0.2) is 19.4 Å². The van der Waals surface area contributed by atoms with Crippen LogP contribution in [0.25, 0.3) is 27.8 Å². The molecule has 0 atom stereocenters. The molecule has 0 unspecified atom stereocenters. The monoisotopic (exact) mass is 562 g/mol. The summed E-state index contributed by atoms with van der Waals surface area (Å²) in [6.07, 6.45) is -1.27. The number of nitriles is 1. The zero-order chi connectivity index (χ0) is 29.3. The van der Waals surface area contributed by atoms with Crippen molar-refractivity contribution in [2.75, 3.05) is 24.6 Å². The first-order chi connectivity index (χ1) is 19.6. The molecule has 1 aromatic carbocycles. The molecule has 41 heavy (non-hydrogen) atoms. The number of benzene rings is 1. The van der Waals surface area contributed by atoms with Gasteiger partial charge in [0, 0.05) is 30.8 Å². The summed E-state index contributed by atoms with van der Waals surface area (Å²) in [6, 6.07) is 12.6. The number of nitrogens with zero attached hydrogens (tertiary/aromatic N) is 6. The van der Waals surface area contributed by atoms with Gasteiger partial charge < -0.3 is 9.64 Å². The van der Waals surface area contributed by atoms with E-state index in [0.29, 0.717) is 22.2 Å². The van der Waals surface area contributed by atoms with E-state index in [1.54, 1.807) is 19.2 Å². The number of aromatic nitrogens is 4. The third kappa shape index (κ3) is 5.59. The Hall–Kier alpha value is -4.46. The molecular weight excluding hydrogens is 533 g/mol. The molecule has 4 aromatic rings. The van der Waals surface area contributed by atoms with Crippen molar-refractivity contribution in [1.82, 2.24) is 19.7 Å². The molecule has 0 radical (unpaired) electrons. The van der Waals surface area contributed by atoms with Gasteiger partial charge in [-0.05, 0) is 67.6 Å². The zero-order valence-corrected chi connectivity index (χ0v) is 22.9. The maximum Gasteiger partial charge on any atom is 0.416 e. The van der Waals surface area contributed by atoms with Crippen molar-refractivity contribution in [2.24, 2.45) is 5.92 Å². The first-order valence-electron chi connectivity index (χ1n) is 13.5. The van der Waals surface area contributed by atoms with Crippen LogP contribution in [-0.2, 0) is 10.9 Å². The first-order valence-corrected chi connectivity index (χ1v) is 13.5. The Labute approximate surface area is 235 Å². The highest BCUT2D eigenvalue weighted by Crippen LogP contribution is 2.37. The lowest BCUT2D eigenvalue weighted by molar-refractivity contribution is -0.137. The van der Waals surface area contributed by atoms with Crippen molar-refractivity contribution < 1.29 is 22.7 Å². The third-order valence-corrected chi connectivity index (χ3v) is 7.17. The summed E-state index contributed by atoms with van der Waals surface area (Å²) in [5.41, 5.74) is 1.57. The topological polar surface area (TPSA) is 96.9 Å². The Morgan fingerprint density at radius 2 is 1.93 bits per heavy atom. The smallest absolute Gasteiger partial charge is 0.416 e. The predicted molar refractivity (Wildman–Crippen MR) is 148 cm³/mol. The fourth-order valence-corrected chi connectivity index (χ4v) is 5.05. The number of esters is 1. The van der Waals surface area contributed by atoms with Crippen molar-refractivity contribution in [3.8, 4) is 22.9 Å². The van der Waals surface area contributed by atoms with Gasteiger partial charge in [-0.15, -0.1) is 0 Å². The van der Waals surface area contributed by atoms with E-state index in [9.17, 15) is 23.2 Å². The lowest BCUT2D eigenvalue weighted by atomic mass is 9.97. The van der Waals surface area contributed by atoms with E-state index in [4.69, 9.17) is 9.84 Å². The zero-order valence-electron chi connectivity index (χ0n) is 22.9. The number of hydrogen-bond donors (Lipinski definition) is 0. The van der Waals surface area contributed by atoms with Gasteiger partial charge in [0.1, 0.15) is 5.82 Å². The standard InChI is InChI=1S/C30H29F3N6O2/c1-4-41-29(40)24-15-23(20-8-9-25(35-17-20)38-12-10-19(16-34)11-13-38)26-27(18(2)3)37-39(28(26)36-24)22-7-5-6-21(14-22)30(31,32)33/h5-9,14-15,17-19H,4,10-13H2,1-3H3. The Bertz CT molecular complexity index is 1610. The van der Waals surface area contributed by atoms with Crippen LogP contribution in [0, 0.1) is 17.2 Å². The molecule has 0 spiro atoms. The number of rotatable bonds is 6. The number of anilines is 1. The lowest BCUT2D eigenvalue weighted by Crippen LogP contribution is -2.33. The number of halogens is 3. The van der Waals surface area contributed by atoms with Crippen molar-refractivity contribution in [3.05, 3.63) is 65.6 Å². The van der Waals surface area contributed by atoms with E-state index in [1.807, 2.05) is 26.0 Å². The number of fused-ring (bicyclic) bond motifs is 1. The van der Waals surface area contributed by atoms with Crippen LogP contribution in [0.1, 0.15) is 61.3 Å². The number of ether oxygens (including phenoxy) is 1. The first kappa shape index (κ1) is 28.1. The number of carbonyl (C=O) groups is 1. The highest BCUT2D eigenvalue weighted by molar-refractivity contribution is 6.00. The number of pyridine rings is 2. The minimum Gasteiger partial charge on any atom is -0.461 e. The Morgan fingerprint density at radius 3 is 2.54 bits per heavy atom. The van der Waals surface area contributed by atoms with Gasteiger partial charge >= 0.3 is 12.1 Å². The number of piperidine rings is 1. The summed E-state index contributed by atoms with van der Waals surface area (Å²) in [5.74, 6) is 0.0835. The van der Waals surface area contributed by atoms with Crippen molar-refractivity contribution in [2.45, 2.75) is 45.7 Å². The summed E-state index contributed by atoms with van der Waals surface area (Å²) >= 11 is 0. The molecule has 0 aliphatic carbocycles. The summed E-state index contributed by atoms with van der Waals surface area (Å²) in [7, 11) is 0. The van der Waals surface area contributed by atoms with Crippen LogP contribution >= 0.6 is 0 Å². The highest BCUT2D eigenvalue weighted by atomic mass is 19.4. The molecular formula is C30H29F3N6O2. The number of hydrogen-bond acceptors (Lipinski definition) is 7. The van der Waals surface area contributed by atoms with Crippen LogP contribution in [0.15, 0.2) is 48.7 Å². The Kier molecular flexibility index (Phi) is 7.67. The average molecular weight is 563 g/mol. The Morgan fingerprint density at radius 1 is 1.17 bits per heavy atom. The Balaban J connectivity index is 1.67. The minimum absolute atomic E-state index is 0.0143. The molecule has 0 bridgehead atoms. The third-order valence-electron chi connectivity index (χ3n) is 7.17. The van der Waals surface area contributed by atoms with Crippen LogP contribution in [0.4, 0.5) is 19.0 Å². The molecule has 5 rings (SSSR count). The van der Waals surface area contributed by atoms with Crippen molar-refractivity contribution in [3.63, 3.8) is 0 Å². The quantitative estimate of drug-likeness (QED) is 0.246. The van der Waals surface area contributed by atoms with E-state index in [2.05, 4.69) is 20.9 Å². The van der Waals surface area contributed by atoms with E-state index in [1.165, 1.54) is 16.8 Å². The molecule has 3 aromatic heterocycles. The molecule has 1 saturated heterocycles. The van der Waals surface area contributed by atoms with Crippen molar-refractivity contribution in [1.29, 1.82) is 5.26 Å². The summed E-state index contributed by atoms with van der Waals surface area (Å²) in [5, 5.41) is 14.5. The second-order valence-corrected chi connectivity index (χ2v) is 10.3. The largest absolute Gasteiger partial charge is 0.461 e. The summed E-state index contributed by atoms with van der Waals surface area (Å²) in [6.45, 7) is 7.16. The summed E-state index contributed by atoms with van der Waals surface area (Å²) in [4.78, 5) is 24.2. The van der Waals surface area contributed by atoms with Crippen LogP contribution in [0.3, 0.4) is 0 Å². The number of alkyl halides is 3. The molecule has 212 valence electrons. The van der Waals surface area contributed by atoms with Crippen molar-refractivity contribution >= 4 is 22.8 Å². The van der Waals surface area contributed by atoms with Gasteiger partial charge in [-0.2, -0.15) is 23.5 Å². The predicted octanol–water partition coefficient (Wildman–Crippen LogP) is 6.54. The molecule has 1 aliphatic heterocycles. The molecule has 1 fully saturated rings. The molecule has 8 nitrogen and oxygen atoms in total. The normalized spacial score (nSPS) is 14.4. The van der Waals surface area contributed by atoms with E-state index in [-0.39, 0.29) is 35.5 Å². The van der Waals surface area contributed by atoms with Gasteiger partial charge in [-0.3, -0.25) is 0 Å². The molecule has 0 saturated carbocycles. The minimum atomic E-state index is -4.54. The number of carbonyl (C=O) groups excluding carboxylic acids is 1. The van der Waals surface area contributed by atoms with Crippen LogP contribution in [0.5, 0.6) is 0 Å². The van der Waals surface area contributed by atoms with Gasteiger partial charge in [-0.1, -0.05) is 19.9 Å². The van der Waals surface area contributed by atoms with Crippen LogP contribution in [-0.4, -0.2) is 45.4 Å². The van der Waals surface area contributed by atoms with E-state index >= 15 is 0 Å². The SMILES string of the molecule is CCOC(=O)c1cc(-c2ccc(N3CCC(C#N)CC3)nc2)c2c(C(C)C)nn(-c3cccc(C(F)(F)F)c3)c2n1. The molecule has 11 heteroatoms. The fourth-order valence-electron chi connectivity index (χ4n) is 5.05. The maximum atomic E-state index is 13.5. The van der Waals surface area contributed by atoms with Gasteiger partial charge in [0.25, 0.3) is 0 Å². The second-order valence-electron chi connectivity index (χ2n) is 10.3. The maximum absolute atomic E-state index is 13.5. The van der Waals surface area contributed by atoms with E-state index < -0.39 is 17.7 Å². The average Bonchev–Trinajstić information content (AvgIpc) is 3.37. The van der Waals surface area contributed by atoms with Gasteiger partial charge in [0.05, 0.1) is 35.0 Å². The van der Waals surface area contributed by atoms with Crippen LogP contribution in [0.2, 0.25) is 0 Å². The second kappa shape index (κ2) is 11.2. The molecule has 0 amide bonds. The molecule has 0 N–H and O–H groups in total. The molecule has 4 heterocycles. The lowest BCUT2D eigenvalue weighted by Gasteiger charge is -2.30. The highest BCUT2D eigenvalue weighted by Gasteiger charge is 2.31.